The van der Waals surface area contributed by atoms with E-state index in [0.29, 0.717) is 64.1 Å². The predicted molar refractivity (Wildman–Crippen MR) is 189 cm³/mol. The SMILES string of the molecule is C=C(C)[C@@H]1CC[C@]2(CNCCC(=O)CC)CC[C@]3(C)[C@H](CC[C@@H]4[C@@]5(C)CC=C(c6ccc(C(=O)O)cc6)C(C)(C)[C@@H]5CC[C@]43C)[C@@H]12. The van der Waals surface area contributed by atoms with Crippen LogP contribution in [-0.2, 0) is 4.79 Å². The van der Waals surface area contributed by atoms with Crippen molar-refractivity contribution in [2.75, 3.05) is 13.1 Å². The van der Waals surface area contributed by atoms with Crippen molar-refractivity contribution in [2.24, 2.45) is 56.7 Å². The smallest absolute Gasteiger partial charge is 0.335 e. The van der Waals surface area contributed by atoms with Crippen molar-refractivity contribution in [3.8, 4) is 0 Å². The Bertz CT molecular complexity index is 1410. The van der Waals surface area contributed by atoms with Crippen molar-refractivity contribution >= 4 is 17.3 Å². The molecule has 1 aromatic rings. The summed E-state index contributed by atoms with van der Waals surface area (Å²) in [5, 5.41) is 13.3. The number of Topliss-reactive ketones (excluding diaryl/α,β-unsaturated/α-hetero) is 1. The fraction of sp³-hybridized carbons (Fsp3) is 0.714. The van der Waals surface area contributed by atoms with Gasteiger partial charge in [0.05, 0.1) is 5.56 Å². The molecule has 0 spiro atoms. The van der Waals surface area contributed by atoms with Crippen molar-refractivity contribution in [1.82, 2.24) is 5.32 Å². The number of benzene rings is 1. The Balaban J connectivity index is 1.30. The Morgan fingerprint density at radius 3 is 2.28 bits per heavy atom. The lowest BCUT2D eigenvalue weighted by atomic mass is 9.32. The first kappa shape index (κ1) is 33.7. The van der Waals surface area contributed by atoms with Gasteiger partial charge in [-0.2, -0.15) is 0 Å². The number of fused-ring (bicyclic) bond motifs is 7. The average Bonchev–Trinajstić information content (AvgIpc) is 3.39. The molecule has 5 aliphatic carbocycles. The van der Waals surface area contributed by atoms with Gasteiger partial charge in [-0.15, -0.1) is 0 Å². The summed E-state index contributed by atoms with van der Waals surface area (Å²) in [5.41, 5.74) is 5.56. The van der Waals surface area contributed by atoms with Crippen LogP contribution in [0.5, 0.6) is 0 Å². The molecule has 0 bridgehead atoms. The second kappa shape index (κ2) is 11.7. The standard InChI is InChI=1S/C42H61NO3/c1-9-30(44)19-25-43-26-42-22-16-31(27(2)3)36(42)33-14-15-35-39(6)20-17-32(28-10-12-29(13-11-28)37(45)46)38(4,5)34(39)18-21-41(35,8)40(33,7)23-24-42/h10-13,17,31,33-36,43H,2,9,14-16,18-26H2,1,3-8H3,(H,45,46)/t31-,33+,34-,35+,36+,39-,40+,41+,42+/m0/s1. The summed E-state index contributed by atoms with van der Waals surface area (Å²) in [6.07, 6.45) is 15.4. The number of carboxylic acid groups (broad SMARTS) is 1. The second-order valence-corrected chi connectivity index (χ2v) is 17.8. The van der Waals surface area contributed by atoms with Gasteiger partial charge in [0.1, 0.15) is 5.78 Å². The Morgan fingerprint density at radius 2 is 1.63 bits per heavy atom. The van der Waals surface area contributed by atoms with Crippen LogP contribution >= 0.6 is 0 Å². The first-order valence-corrected chi connectivity index (χ1v) is 18.6. The lowest BCUT2D eigenvalue weighted by Gasteiger charge is -2.72. The molecular formula is C42H61NO3. The first-order valence-electron chi connectivity index (χ1n) is 18.6. The van der Waals surface area contributed by atoms with Gasteiger partial charge in [0.25, 0.3) is 0 Å². The van der Waals surface area contributed by atoms with E-state index in [1.165, 1.54) is 68.1 Å². The van der Waals surface area contributed by atoms with Gasteiger partial charge < -0.3 is 10.4 Å². The Hall–Kier alpha value is -2.20. The molecule has 5 aliphatic rings. The predicted octanol–water partition coefficient (Wildman–Crippen LogP) is 9.99. The Morgan fingerprint density at radius 1 is 0.913 bits per heavy atom. The summed E-state index contributed by atoms with van der Waals surface area (Å²) < 4.78 is 0. The highest BCUT2D eigenvalue weighted by atomic mass is 16.4. The maximum absolute atomic E-state index is 12.0. The zero-order chi connectivity index (χ0) is 33.3. The molecule has 0 saturated heterocycles. The molecule has 1 aromatic carbocycles. The van der Waals surface area contributed by atoms with Crippen LogP contribution in [0.15, 0.2) is 42.5 Å². The molecule has 0 heterocycles. The van der Waals surface area contributed by atoms with Crippen LogP contribution in [-0.4, -0.2) is 29.9 Å². The normalized spacial score (nSPS) is 40.9. The third-order valence-corrected chi connectivity index (χ3v) is 15.7. The van der Waals surface area contributed by atoms with E-state index in [0.717, 1.165) is 25.4 Å². The van der Waals surface area contributed by atoms with Crippen LogP contribution in [0.25, 0.3) is 5.57 Å². The molecule has 4 heteroatoms. The molecule has 4 saturated carbocycles. The molecule has 0 aliphatic heterocycles. The van der Waals surface area contributed by atoms with Crippen molar-refractivity contribution in [3.63, 3.8) is 0 Å². The number of allylic oxidation sites excluding steroid dienone is 3. The monoisotopic (exact) mass is 627 g/mol. The molecule has 0 aromatic heterocycles. The number of rotatable bonds is 9. The summed E-state index contributed by atoms with van der Waals surface area (Å²) in [4.78, 5) is 23.6. The van der Waals surface area contributed by atoms with E-state index in [1.54, 1.807) is 12.1 Å². The van der Waals surface area contributed by atoms with Crippen LogP contribution in [0.1, 0.15) is 135 Å². The summed E-state index contributed by atoms with van der Waals surface area (Å²) in [6.45, 7) is 23.7. The minimum atomic E-state index is -0.862. The van der Waals surface area contributed by atoms with Crippen LogP contribution < -0.4 is 5.32 Å². The van der Waals surface area contributed by atoms with Gasteiger partial charge in [-0.05, 0) is 145 Å². The molecule has 46 heavy (non-hydrogen) atoms. The molecule has 252 valence electrons. The molecule has 0 radical (unpaired) electrons. The maximum Gasteiger partial charge on any atom is 0.335 e. The highest BCUT2D eigenvalue weighted by Crippen LogP contribution is 2.77. The van der Waals surface area contributed by atoms with Crippen molar-refractivity contribution in [3.05, 3.63) is 53.6 Å². The number of aromatic carboxylic acids is 1. The van der Waals surface area contributed by atoms with E-state index in [4.69, 9.17) is 0 Å². The van der Waals surface area contributed by atoms with E-state index in [2.05, 4.69) is 59.5 Å². The van der Waals surface area contributed by atoms with Gasteiger partial charge >= 0.3 is 5.97 Å². The summed E-state index contributed by atoms with van der Waals surface area (Å²) in [5.74, 6) is 2.82. The quantitative estimate of drug-likeness (QED) is 0.211. The highest BCUT2D eigenvalue weighted by Gasteiger charge is 2.70. The molecule has 4 fully saturated rings. The molecule has 2 N–H and O–H groups in total. The fourth-order valence-corrected chi connectivity index (χ4v) is 13.2. The average molecular weight is 628 g/mol. The van der Waals surface area contributed by atoms with Gasteiger partial charge in [-0.1, -0.05) is 71.9 Å². The third-order valence-electron chi connectivity index (χ3n) is 15.7. The summed E-state index contributed by atoms with van der Waals surface area (Å²) in [7, 11) is 0. The molecular weight excluding hydrogens is 566 g/mol. The zero-order valence-electron chi connectivity index (χ0n) is 29.9. The minimum absolute atomic E-state index is 0.0276. The van der Waals surface area contributed by atoms with E-state index in [1.807, 2.05) is 19.1 Å². The number of hydrogen-bond donors (Lipinski definition) is 2. The number of carboxylic acids is 1. The highest BCUT2D eigenvalue weighted by molar-refractivity contribution is 5.88. The molecule has 0 amide bonds. The fourth-order valence-electron chi connectivity index (χ4n) is 13.2. The van der Waals surface area contributed by atoms with Crippen LogP contribution in [0.4, 0.5) is 0 Å². The van der Waals surface area contributed by atoms with Gasteiger partial charge in [-0.3, -0.25) is 4.79 Å². The number of ketones is 1. The number of hydrogen-bond acceptors (Lipinski definition) is 3. The molecule has 9 atom stereocenters. The van der Waals surface area contributed by atoms with Crippen LogP contribution in [0, 0.1) is 56.7 Å². The van der Waals surface area contributed by atoms with E-state index in [9.17, 15) is 14.7 Å². The zero-order valence-corrected chi connectivity index (χ0v) is 29.9. The molecule has 4 nitrogen and oxygen atoms in total. The second-order valence-electron chi connectivity index (χ2n) is 17.8. The minimum Gasteiger partial charge on any atom is -0.478 e. The van der Waals surface area contributed by atoms with Gasteiger partial charge in [0, 0.05) is 25.9 Å². The molecule has 6 rings (SSSR count). The van der Waals surface area contributed by atoms with Gasteiger partial charge in [0.2, 0.25) is 0 Å². The largest absolute Gasteiger partial charge is 0.478 e. The van der Waals surface area contributed by atoms with Crippen LogP contribution in [0.2, 0.25) is 0 Å². The first-order chi connectivity index (χ1) is 21.6. The van der Waals surface area contributed by atoms with Crippen molar-refractivity contribution in [1.29, 1.82) is 0 Å². The molecule has 0 unspecified atom stereocenters. The topological polar surface area (TPSA) is 66.4 Å². The summed E-state index contributed by atoms with van der Waals surface area (Å²) in [6, 6.07) is 7.60. The van der Waals surface area contributed by atoms with Crippen molar-refractivity contribution in [2.45, 2.75) is 119 Å². The van der Waals surface area contributed by atoms with Gasteiger partial charge in [0.15, 0.2) is 0 Å². The van der Waals surface area contributed by atoms with E-state index in [-0.39, 0.29) is 10.8 Å². The van der Waals surface area contributed by atoms with Crippen molar-refractivity contribution < 1.29 is 14.7 Å². The van der Waals surface area contributed by atoms with E-state index < -0.39 is 5.97 Å². The Labute approximate surface area is 279 Å². The lowest BCUT2D eigenvalue weighted by molar-refractivity contribution is -0.225. The van der Waals surface area contributed by atoms with Gasteiger partial charge in [-0.25, -0.2) is 4.79 Å². The number of carbonyl (C=O) groups excluding carboxylic acids is 1. The number of carbonyl (C=O) groups is 2. The Kier molecular flexibility index (Phi) is 8.60. The van der Waals surface area contributed by atoms with E-state index >= 15 is 0 Å². The number of nitrogens with one attached hydrogen (secondary N) is 1. The lowest BCUT2D eigenvalue weighted by Crippen LogP contribution is -2.65. The third kappa shape index (κ3) is 4.93. The maximum atomic E-state index is 12.0. The summed E-state index contributed by atoms with van der Waals surface area (Å²) >= 11 is 0. The van der Waals surface area contributed by atoms with Crippen LogP contribution in [0.3, 0.4) is 0 Å².